The van der Waals surface area contributed by atoms with Crippen LogP contribution in [0.2, 0.25) is 0 Å². The van der Waals surface area contributed by atoms with E-state index in [9.17, 15) is 0 Å². The van der Waals surface area contributed by atoms with Crippen molar-refractivity contribution in [3.8, 4) is 0 Å². The lowest BCUT2D eigenvalue weighted by atomic mass is 9.94. The van der Waals surface area contributed by atoms with Gasteiger partial charge in [-0.1, -0.05) is 6.92 Å². The Labute approximate surface area is 86.8 Å². The standard InChI is InChI=1S/C11H22N2O/c1-9-7-12-11(14-8-9)10-3-5-13(2)6-4-10/h9-12H,3-8H2,1-2H3. The van der Waals surface area contributed by atoms with Crippen LogP contribution in [0.1, 0.15) is 19.8 Å². The number of likely N-dealkylation sites (tertiary alicyclic amines) is 1. The SMILES string of the molecule is CC1CNC(C2CCN(C)CC2)OC1. The van der Waals surface area contributed by atoms with Gasteiger partial charge in [-0.3, -0.25) is 5.32 Å². The van der Waals surface area contributed by atoms with Crippen LogP contribution in [0.4, 0.5) is 0 Å². The molecule has 2 rings (SSSR count). The van der Waals surface area contributed by atoms with Crippen molar-refractivity contribution in [3.05, 3.63) is 0 Å². The molecule has 0 aromatic heterocycles. The minimum atomic E-state index is 0.333. The summed E-state index contributed by atoms with van der Waals surface area (Å²) in [6.45, 7) is 6.74. The second-order valence-electron chi connectivity index (χ2n) is 4.91. The van der Waals surface area contributed by atoms with Crippen LogP contribution in [0.15, 0.2) is 0 Å². The summed E-state index contributed by atoms with van der Waals surface area (Å²) >= 11 is 0. The fourth-order valence-corrected chi connectivity index (χ4v) is 2.34. The highest BCUT2D eigenvalue weighted by molar-refractivity contribution is 4.78. The molecule has 1 N–H and O–H groups in total. The molecule has 2 aliphatic rings. The Morgan fingerprint density at radius 2 is 2.00 bits per heavy atom. The van der Waals surface area contributed by atoms with Gasteiger partial charge in [0.15, 0.2) is 0 Å². The van der Waals surface area contributed by atoms with Gasteiger partial charge in [-0.25, -0.2) is 0 Å². The summed E-state index contributed by atoms with van der Waals surface area (Å²) in [5.74, 6) is 1.41. The highest BCUT2D eigenvalue weighted by Gasteiger charge is 2.28. The highest BCUT2D eigenvalue weighted by atomic mass is 16.5. The maximum atomic E-state index is 5.84. The average molecular weight is 198 g/mol. The number of hydrogen-bond donors (Lipinski definition) is 1. The lowest BCUT2D eigenvalue weighted by Gasteiger charge is -2.38. The van der Waals surface area contributed by atoms with E-state index < -0.39 is 0 Å². The molecule has 0 aromatic carbocycles. The average Bonchev–Trinajstić information content (AvgIpc) is 2.21. The van der Waals surface area contributed by atoms with Gasteiger partial charge in [-0.2, -0.15) is 0 Å². The minimum absolute atomic E-state index is 0.333. The molecule has 82 valence electrons. The molecule has 0 radical (unpaired) electrons. The van der Waals surface area contributed by atoms with Gasteiger partial charge in [0.1, 0.15) is 6.23 Å². The van der Waals surface area contributed by atoms with Crippen LogP contribution >= 0.6 is 0 Å². The van der Waals surface area contributed by atoms with Crippen molar-refractivity contribution >= 4 is 0 Å². The molecule has 2 saturated heterocycles. The summed E-state index contributed by atoms with van der Waals surface area (Å²) in [6.07, 6.45) is 2.89. The van der Waals surface area contributed by atoms with Crippen molar-refractivity contribution in [3.63, 3.8) is 0 Å². The molecule has 2 unspecified atom stereocenters. The summed E-state index contributed by atoms with van der Waals surface area (Å²) in [6, 6.07) is 0. The first-order valence-electron chi connectivity index (χ1n) is 5.79. The zero-order chi connectivity index (χ0) is 9.97. The first-order valence-corrected chi connectivity index (χ1v) is 5.79. The van der Waals surface area contributed by atoms with Crippen LogP contribution < -0.4 is 5.32 Å². The molecule has 3 heteroatoms. The smallest absolute Gasteiger partial charge is 0.111 e. The molecular weight excluding hydrogens is 176 g/mol. The van der Waals surface area contributed by atoms with E-state index in [1.165, 1.54) is 25.9 Å². The highest BCUT2D eigenvalue weighted by Crippen LogP contribution is 2.22. The van der Waals surface area contributed by atoms with E-state index in [4.69, 9.17) is 4.74 Å². The lowest BCUT2D eigenvalue weighted by molar-refractivity contribution is -0.0683. The van der Waals surface area contributed by atoms with Crippen molar-refractivity contribution < 1.29 is 4.74 Å². The molecule has 14 heavy (non-hydrogen) atoms. The second kappa shape index (κ2) is 4.60. The molecule has 0 saturated carbocycles. The Morgan fingerprint density at radius 1 is 1.29 bits per heavy atom. The molecule has 2 atom stereocenters. The maximum Gasteiger partial charge on any atom is 0.111 e. The Kier molecular flexibility index (Phi) is 3.42. The van der Waals surface area contributed by atoms with Crippen LogP contribution in [0, 0.1) is 11.8 Å². The number of rotatable bonds is 1. The van der Waals surface area contributed by atoms with E-state index in [-0.39, 0.29) is 0 Å². The molecular formula is C11H22N2O. The third kappa shape index (κ3) is 2.47. The fraction of sp³-hybridized carbons (Fsp3) is 1.00. The van der Waals surface area contributed by atoms with Gasteiger partial charge in [0.05, 0.1) is 6.61 Å². The van der Waals surface area contributed by atoms with Gasteiger partial charge in [0, 0.05) is 12.5 Å². The molecule has 0 amide bonds. The van der Waals surface area contributed by atoms with Gasteiger partial charge in [-0.05, 0) is 38.9 Å². The number of ether oxygens (including phenoxy) is 1. The van der Waals surface area contributed by atoms with Crippen molar-refractivity contribution in [2.24, 2.45) is 11.8 Å². The van der Waals surface area contributed by atoms with Gasteiger partial charge in [0.25, 0.3) is 0 Å². The first-order chi connectivity index (χ1) is 6.75. The van der Waals surface area contributed by atoms with Gasteiger partial charge in [-0.15, -0.1) is 0 Å². The summed E-state index contributed by atoms with van der Waals surface area (Å²) in [4.78, 5) is 2.40. The Hall–Kier alpha value is -0.120. The largest absolute Gasteiger partial charge is 0.363 e. The third-order valence-corrected chi connectivity index (χ3v) is 3.42. The van der Waals surface area contributed by atoms with E-state index in [2.05, 4.69) is 24.2 Å². The molecule has 2 heterocycles. The van der Waals surface area contributed by atoms with Crippen molar-refractivity contribution in [2.75, 3.05) is 33.3 Å². The van der Waals surface area contributed by atoms with Gasteiger partial charge < -0.3 is 9.64 Å². The van der Waals surface area contributed by atoms with E-state index in [1.807, 2.05) is 0 Å². The summed E-state index contributed by atoms with van der Waals surface area (Å²) in [5.41, 5.74) is 0. The van der Waals surface area contributed by atoms with Gasteiger partial charge in [0.2, 0.25) is 0 Å². The Balaban J connectivity index is 1.78. The molecule has 2 fully saturated rings. The molecule has 0 spiro atoms. The van der Waals surface area contributed by atoms with Crippen molar-refractivity contribution in [1.82, 2.24) is 10.2 Å². The zero-order valence-electron chi connectivity index (χ0n) is 9.33. The molecule has 0 bridgehead atoms. The summed E-state index contributed by atoms with van der Waals surface area (Å²) in [5, 5.41) is 3.51. The van der Waals surface area contributed by atoms with Crippen LogP contribution in [0.3, 0.4) is 0 Å². The maximum absolute atomic E-state index is 5.84. The number of piperidine rings is 1. The Bertz CT molecular complexity index is 150. The number of nitrogens with zero attached hydrogens (tertiary/aromatic N) is 1. The first kappa shape index (κ1) is 10.4. The molecule has 0 aromatic rings. The molecule has 3 nitrogen and oxygen atoms in total. The topological polar surface area (TPSA) is 24.5 Å². The monoisotopic (exact) mass is 198 g/mol. The minimum Gasteiger partial charge on any atom is -0.363 e. The number of nitrogens with one attached hydrogen (secondary N) is 1. The normalized spacial score (nSPS) is 37.3. The van der Waals surface area contributed by atoms with Gasteiger partial charge >= 0.3 is 0 Å². The third-order valence-electron chi connectivity index (χ3n) is 3.42. The second-order valence-corrected chi connectivity index (χ2v) is 4.91. The fourth-order valence-electron chi connectivity index (χ4n) is 2.34. The van der Waals surface area contributed by atoms with E-state index in [1.54, 1.807) is 0 Å². The van der Waals surface area contributed by atoms with E-state index in [0.29, 0.717) is 12.1 Å². The van der Waals surface area contributed by atoms with Crippen LogP contribution in [-0.2, 0) is 4.74 Å². The molecule has 0 aliphatic carbocycles. The van der Waals surface area contributed by atoms with E-state index in [0.717, 1.165) is 19.1 Å². The van der Waals surface area contributed by atoms with Crippen LogP contribution in [-0.4, -0.2) is 44.4 Å². The summed E-state index contributed by atoms with van der Waals surface area (Å²) in [7, 11) is 2.20. The van der Waals surface area contributed by atoms with Crippen LogP contribution in [0.25, 0.3) is 0 Å². The van der Waals surface area contributed by atoms with Crippen molar-refractivity contribution in [1.29, 1.82) is 0 Å². The van der Waals surface area contributed by atoms with Crippen LogP contribution in [0.5, 0.6) is 0 Å². The predicted molar refractivity (Wildman–Crippen MR) is 57.1 cm³/mol. The quantitative estimate of drug-likeness (QED) is 0.678. The Morgan fingerprint density at radius 3 is 2.57 bits per heavy atom. The lowest BCUT2D eigenvalue weighted by Crippen LogP contribution is -2.49. The number of hydrogen-bond acceptors (Lipinski definition) is 3. The zero-order valence-corrected chi connectivity index (χ0v) is 9.33. The van der Waals surface area contributed by atoms with Crippen molar-refractivity contribution in [2.45, 2.75) is 26.0 Å². The summed E-state index contributed by atoms with van der Waals surface area (Å²) < 4.78 is 5.84. The van der Waals surface area contributed by atoms with E-state index >= 15 is 0 Å². The predicted octanol–water partition coefficient (Wildman–Crippen LogP) is 0.910. The molecule has 2 aliphatic heterocycles.